The molecule has 2 rings (SSSR count). The summed E-state index contributed by atoms with van der Waals surface area (Å²) in [6, 6.07) is 5.97. The van der Waals surface area contributed by atoms with Crippen molar-refractivity contribution in [3.8, 4) is 0 Å². The topological polar surface area (TPSA) is 39.1 Å². The Morgan fingerprint density at radius 1 is 1.50 bits per heavy atom. The summed E-state index contributed by atoms with van der Waals surface area (Å²) in [6.07, 6.45) is 1.85. The number of hydrogen-bond donors (Lipinski definition) is 1. The molecular weight excluding hydrogens is 178 g/mol. The molecule has 1 N–H and O–H groups in total. The predicted molar refractivity (Wildman–Crippen MR) is 56.0 cm³/mol. The van der Waals surface area contributed by atoms with Gasteiger partial charge in [0.2, 0.25) is 0 Å². The Labute approximate surface area is 82.5 Å². The van der Waals surface area contributed by atoms with E-state index < -0.39 is 0 Å². The number of imidazole rings is 1. The maximum atomic E-state index is 4.83. The molecule has 0 bridgehead atoms. The minimum Gasteiger partial charge on any atom is -0.331 e. The predicted octanol–water partition coefficient (Wildman–Crippen LogP) is 2.03. The molecule has 0 saturated heterocycles. The SMILES string of the molecule is CCn1cnc2cc(NOC)ccc21. The molecule has 1 heterocycles. The molecule has 0 aliphatic carbocycles. The molecule has 0 amide bonds. The second-order valence-corrected chi connectivity index (χ2v) is 3.04. The van der Waals surface area contributed by atoms with Crippen LogP contribution in [0.2, 0.25) is 0 Å². The Balaban J connectivity index is 2.46. The third-order valence-electron chi connectivity index (χ3n) is 2.18. The standard InChI is InChI=1S/C10H13N3O/c1-3-13-7-11-9-6-8(12-14-2)4-5-10(9)13/h4-7,12H,3H2,1-2H3. The highest BCUT2D eigenvalue weighted by Gasteiger charge is 2.01. The molecule has 14 heavy (non-hydrogen) atoms. The number of rotatable bonds is 3. The normalized spacial score (nSPS) is 10.7. The number of aromatic nitrogens is 2. The van der Waals surface area contributed by atoms with Crippen LogP contribution in [0.25, 0.3) is 11.0 Å². The minimum absolute atomic E-state index is 0.918. The van der Waals surface area contributed by atoms with E-state index in [1.807, 2.05) is 24.5 Å². The first kappa shape index (κ1) is 9.02. The van der Waals surface area contributed by atoms with Gasteiger partial charge in [0.05, 0.1) is 30.2 Å². The van der Waals surface area contributed by atoms with Crippen LogP contribution < -0.4 is 5.48 Å². The lowest BCUT2D eigenvalue weighted by Gasteiger charge is -2.03. The molecule has 0 unspecified atom stereocenters. The molecule has 74 valence electrons. The van der Waals surface area contributed by atoms with Crippen molar-refractivity contribution in [3.63, 3.8) is 0 Å². The van der Waals surface area contributed by atoms with E-state index in [4.69, 9.17) is 4.84 Å². The number of nitrogens with one attached hydrogen (secondary N) is 1. The Kier molecular flexibility index (Phi) is 2.37. The van der Waals surface area contributed by atoms with Crippen LogP contribution in [-0.2, 0) is 11.4 Å². The van der Waals surface area contributed by atoms with E-state index in [0.29, 0.717) is 0 Å². The fourth-order valence-corrected chi connectivity index (χ4v) is 1.50. The molecule has 1 aromatic carbocycles. The minimum atomic E-state index is 0.918. The van der Waals surface area contributed by atoms with Crippen molar-refractivity contribution in [1.29, 1.82) is 0 Å². The highest BCUT2D eigenvalue weighted by molar-refractivity contribution is 5.79. The zero-order valence-electron chi connectivity index (χ0n) is 8.32. The zero-order valence-corrected chi connectivity index (χ0v) is 8.32. The Morgan fingerprint density at radius 3 is 3.07 bits per heavy atom. The molecule has 0 radical (unpaired) electrons. The van der Waals surface area contributed by atoms with Crippen LogP contribution in [0.1, 0.15) is 6.92 Å². The number of benzene rings is 1. The van der Waals surface area contributed by atoms with E-state index in [1.54, 1.807) is 7.11 Å². The number of aryl methyl sites for hydroxylation is 1. The van der Waals surface area contributed by atoms with E-state index in [9.17, 15) is 0 Å². The van der Waals surface area contributed by atoms with Crippen molar-refractivity contribution >= 4 is 16.7 Å². The molecule has 4 nitrogen and oxygen atoms in total. The lowest BCUT2D eigenvalue weighted by atomic mass is 10.3. The summed E-state index contributed by atoms with van der Waals surface area (Å²) in [7, 11) is 1.59. The van der Waals surface area contributed by atoms with Gasteiger partial charge in [-0.3, -0.25) is 10.3 Å². The Hall–Kier alpha value is -1.55. The van der Waals surface area contributed by atoms with Gasteiger partial charge in [-0.2, -0.15) is 0 Å². The summed E-state index contributed by atoms with van der Waals surface area (Å²) in [6.45, 7) is 3.04. The number of anilines is 1. The van der Waals surface area contributed by atoms with Crippen molar-refractivity contribution < 1.29 is 4.84 Å². The monoisotopic (exact) mass is 191 g/mol. The molecule has 0 saturated carbocycles. The lowest BCUT2D eigenvalue weighted by Crippen LogP contribution is -1.95. The summed E-state index contributed by atoms with van der Waals surface area (Å²) in [5.41, 5.74) is 5.82. The van der Waals surface area contributed by atoms with Crippen molar-refractivity contribution in [2.24, 2.45) is 0 Å². The molecule has 0 aliphatic heterocycles. The maximum Gasteiger partial charge on any atom is 0.0958 e. The summed E-state index contributed by atoms with van der Waals surface area (Å²) in [5, 5.41) is 0. The number of hydrogen-bond acceptors (Lipinski definition) is 3. The first-order valence-corrected chi connectivity index (χ1v) is 4.59. The smallest absolute Gasteiger partial charge is 0.0958 e. The average molecular weight is 191 g/mol. The molecule has 2 aromatic rings. The van der Waals surface area contributed by atoms with Crippen LogP contribution in [0, 0.1) is 0 Å². The van der Waals surface area contributed by atoms with Crippen molar-refractivity contribution in [2.45, 2.75) is 13.5 Å². The average Bonchev–Trinajstić information content (AvgIpc) is 2.60. The van der Waals surface area contributed by atoms with Crippen LogP contribution >= 0.6 is 0 Å². The van der Waals surface area contributed by atoms with Gasteiger partial charge in [-0.15, -0.1) is 0 Å². The van der Waals surface area contributed by atoms with Crippen LogP contribution in [0.3, 0.4) is 0 Å². The van der Waals surface area contributed by atoms with Gasteiger partial charge in [-0.05, 0) is 25.1 Å². The van der Waals surface area contributed by atoms with Crippen molar-refractivity contribution in [2.75, 3.05) is 12.6 Å². The molecule has 0 atom stereocenters. The van der Waals surface area contributed by atoms with Gasteiger partial charge in [-0.1, -0.05) is 0 Å². The first-order chi connectivity index (χ1) is 6.85. The van der Waals surface area contributed by atoms with Gasteiger partial charge in [0.25, 0.3) is 0 Å². The summed E-state index contributed by atoms with van der Waals surface area (Å²) >= 11 is 0. The van der Waals surface area contributed by atoms with E-state index in [1.165, 1.54) is 0 Å². The van der Waals surface area contributed by atoms with Crippen LogP contribution in [0.5, 0.6) is 0 Å². The molecule has 0 fully saturated rings. The molecular formula is C10H13N3O. The van der Waals surface area contributed by atoms with E-state index in [-0.39, 0.29) is 0 Å². The molecule has 0 spiro atoms. The zero-order chi connectivity index (χ0) is 9.97. The second kappa shape index (κ2) is 3.67. The fraction of sp³-hybridized carbons (Fsp3) is 0.300. The summed E-state index contributed by atoms with van der Waals surface area (Å²) in [5.74, 6) is 0. The van der Waals surface area contributed by atoms with Gasteiger partial charge >= 0.3 is 0 Å². The van der Waals surface area contributed by atoms with Gasteiger partial charge < -0.3 is 4.57 Å². The van der Waals surface area contributed by atoms with E-state index in [0.717, 1.165) is 23.3 Å². The summed E-state index contributed by atoms with van der Waals surface area (Å²) < 4.78 is 2.10. The van der Waals surface area contributed by atoms with E-state index in [2.05, 4.69) is 22.0 Å². The molecule has 4 heteroatoms. The van der Waals surface area contributed by atoms with Crippen LogP contribution in [0.15, 0.2) is 24.5 Å². The van der Waals surface area contributed by atoms with Gasteiger partial charge in [0.15, 0.2) is 0 Å². The quantitative estimate of drug-likeness (QED) is 0.754. The maximum absolute atomic E-state index is 4.83. The lowest BCUT2D eigenvalue weighted by molar-refractivity contribution is 0.271. The molecule has 1 aromatic heterocycles. The fourth-order valence-electron chi connectivity index (χ4n) is 1.50. The van der Waals surface area contributed by atoms with Crippen molar-refractivity contribution in [1.82, 2.24) is 9.55 Å². The third kappa shape index (κ3) is 1.44. The van der Waals surface area contributed by atoms with Gasteiger partial charge in [-0.25, -0.2) is 4.98 Å². The Bertz CT molecular complexity index is 436. The number of nitrogens with zero attached hydrogens (tertiary/aromatic N) is 2. The van der Waals surface area contributed by atoms with Gasteiger partial charge in [0.1, 0.15) is 0 Å². The largest absolute Gasteiger partial charge is 0.331 e. The highest BCUT2D eigenvalue weighted by atomic mass is 16.6. The van der Waals surface area contributed by atoms with Gasteiger partial charge in [0, 0.05) is 6.54 Å². The van der Waals surface area contributed by atoms with Crippen LogP contribution in [0.4, 0.5) is 5.69 Å². The highest BCUT2D eigenvalue weighted by Crippen LogP contribution is 2.17. The first-order valence-electron chi connectivity index (χ1n) is 4.59. The third-order valence-corrected chi connectivity index (χ3v) is 2.18. The second-order valence-electron chi connectivity index (χ2n) is 3.04. The van der Waals surface area contributed by atoms with Crippen molar-refractivity contribution in [3.05, 3.63) is 24.5 Å². The molecule has 0 aliphatic rings. The van der Waals surface area contributed by atoms with E-state index >= 15 is 0 Å². The summed E-state index contributed by atoms with van der Waals surface area (Å²) in [4.78, 5) is 9.13. The number of fused-ring (bicyclic) bond motifs is 1. The Morgan fingerprint density at radius 2 is 2.36 bits per heavy atom. The van der Waals surface area contributed by atoms with Crippen LogP contribution in [-0.4, -0.2) is 16.7 Å².